The van der Waals surface area contributed by atoms with Crippen LogP contribution in [0.2, 0.25) is 0 Å². The molecule has 0 atom stereocenters. The van der Waals surface area contributed by atoms with E-state index in [2.05, 4.69) is 98.6 Å². The van der Waals surface area contributed by atoms with Gasteiger partial charge in [-0.05, 0) is 69.5 Å². The number of hydrogen-bond acceptors (Lipinski definition) is 2. The summed E-state index contributed by atoms with van der Waals surface area (Å²) in [6, 6.07) is 29.7. The monoisotopic (exact) mass is 470 g/mol. The van der Waals surface area contributed by atoms with Gasteiger partial charge in [0.2, 0.25) is 0 Å². The molecule has 0 bridgehead atoms. The molecule has 0 saturated carbocycles. The maximum atomic E-state index is 10.6. The second kappa shape index (κ2) is 9.75. The highest BCUT2D eigenvalue weighted by Crippen LogP contribution is 2.56. The fourth-order valence-electron chi connectivity index (χ4n) is 5.58. The minimum absolute atomic E-state index is 0.286. The highest BCUT2D eigenvalue weighted by molar-refractivity contribution is 5.86. The van der Waals surface area contributed by atoms with Crippen molar-refractivity contribution < 1.29 is 9.84 Å². The molecule has 2 nitrogen and oxygen atoms in total. The molecule has 0 unspecified atom stereocenters. The lowest BCUT2D eigenvalue weighted by atomic mass is 9.67. The fraction of sp³-hybridized carbons (Fsp3) is 0.118. The zero-order chi connectivity index (χ0) is 25.1. The van der Waals surface area contributed by atoms with Crippen molar-refractivity contribution in [1.82, 2.24) is 0 Å². The van der Waals surface area contributed by atoms with Crippen LogP contribution in [0.25, 0.3) is 11.1 Å². The number of hydrogen-bond donors (Lipinski definition) is 1. The van der Waals surface area contributed by atoms with Crippen molar-refractivity contribution in [3.05, 3.63) is 156 Å². The third kappa shape index (κ3) is 3.67. The quantitative estimate of drug-likeness (QED) is 0.223. The lowest BCUT2D eigenvalue weighted by molar-refractivity contribution is 0.359. The van der Waals surface area contributed by atoms with Crippen molar-refractivity contribution in [3.8, 4) is 22.6 Å². The molecule has 0 aliphatic heterocycles. The van der Waals surface area contributed by atoms with E-state index in [4.69, 9.17) is 4.74 Å². The molecule has 1 N–H and O–H groups in total. The Bertz CT molecular complexity index is 1410. The topological polar surface area (TPSA) is 29.5 Å². The summed E-state index contributed by atoms with van der Waals surface area (Å²) in [7, 11) is 0. The Hall–Kier alpha value is -4.30. The van der Waals surface area contributed by atoms with E-state index in [1.54, 1.807) is 6.08 Å². The van der Waals surface area contributed by atoms with E-state index in [0.717, 1.165) is 28.0 Å². The van der Waals surface area contributed by atoms with E-state index in [1.165, 1.54) is 22.3 Å². The minimum Gasteiger partial charge on any atom is -0.508 e. The summed E-state index contributed by atoms with van der Waals surface area (Å²) in [5.41, 5.74) is 8.56. The Balaban J connectivity index is 1.87. The number of aromatic hydroxyl groups is 1. The van der Waals surface area contributed by atoms with E-state index in [9.17, 15) is 5.11 Å². The maximum absolute atomic E-state index is 10.6. The van der Waals surface area contributed by atoms with Crippen molar-refractivity contribution >= 4 is 0 Å². The Labute approximate surface area is 213 Å². The van der Waals surface area contributed by atoms with Gasteiger partial charge in [-0.15, -0.1) is 13.2 Å². The van der Waals surface area contributed by atoms with Crippen molar-refractivity contribution in [2.45, 2.75) is 18.3 Å². The Kier molecular flexibility index (Phi) is 6.35. The van der Waals surface area contributed by atoms with Gasteiger partial charge in [0.15, 0.2) is 0 Å². The first kappa shape index (κ1) is 23.4. The molecule has 1 aliphatic rings. The molecule has 0 amide bonds. The molecule has 5 rings (SSSR count). The van der Waals surface area contributed by atoms with Crippen LogP contribution in [0.4, 0.5) is 0 Å². The molecule has 178 valence electrons. The normalized spacial score (nSPS) is 12.9. The first-order valence-corrected chi connectivity index (χ1v) is 12.3. The molecule has 4 aromatic rings. The summed E-state index contributed by atoms with van der Waals surface area (Å²) in [6.45, 7) is 12.1. The van der Waals surface area contributed by atoms with Crippen LogP contribution >= 0.6 is 0 Å². The van der Waals surface area contributed by atoms with E-state index >= 15 is 0 Å². The summed E-state index contributed by atoms with van der Waals surface area (Å²) in [5.74, 6) is 1.13. The zero-order valence-electron chi connectivity index (χ0n) is 20.4. The van der Waals surface area contributed by atoms with Gasteiger partial charge >= 0.3 is 0 Å². The van der Waals surface area contributed by atoms with Gasteiger partial charge in [0.05, 0.1) is 5.41 Å². The van der Waals surface area contributed by atoms with E-state index in [1.807, 2.05) is 18.2 Å². The molecule has 0 heterocycles. The van der Waals surface area contributed by atoms with Crippen LogP contribution in [0.1, 0.15) is 33.4 Å². The van der Waals surface area contributed by atoms with Crippen LogP contribution in [0.15, 0.2) is 123 Å². The predicted octanol–water partition coefficient (Wildman–Crippen LogP) is 7.78. The molecule has 2 heteroatoms. The fourth-order valence-corrected chi connectivity index (χ4v) is 5.58. The van der Waals surface area contributed by atoms with Crippen LogP contribution in [0, 0.1) is 0 Å². The summed E-state index contributed by atoms with van der Waals surface area (Å²) in [4.78, 5) is 0. The molecular formula is C34H30O2. The average Bonchev–Trinajstić information content (AvgIpc) is 3.21. The molecule has 0 saturated heterocycles. The maximum Gasteiger partial charge on any atom is 0.123 e. The first-order valence-electron chi connectivity index (χ1n) is 12.3. The van der Waals surface area contributed by atoms with E-state index in [0.29, 0.717) is 19.4 Å². The van der Waals surface area contributed by atoms with Gasteiger partial charge in [-0.3, -0.25) is 0 Å². The van der Waals surface area contributed by atoms with Gasteiger partial charge in [-0.1, -0.05) is 97.6 Å². The Morgan fingerprint density at radius 2 is 1.22 bits per heavy atom. The second-order valence-corrected chi connectivity index (χ2v) is 9.09. The SMILES string of the molecule is C=CCOc1ccc(C2(c3ccc(O)c(CC=C)c3)c3ccccc3-c3ccccc32)cc1CC=C. The zero-order valence-corrected chi connectivity index (χ0v) is 20.4. The van der Waals surface area contributed by atoms with Gasteiger partial charge in [0, 0.05) is 0 Å². The highest BCUT2D eigenvalue weighted by atomic mass is 16.5. The molecule has 0 radical (unpaired) electrons. The lowest BCUT2D eigenvalue weighted by Gasteiger charge is -2.35. The van der Waals surface area contributed by atoms with E-state index < -0.39 is 5.41 Å². The molecule has 4 aromatic carbocycles. The molecule has 0 fully saturated rings. The number of allylic oxidation sites excluding steroid dienone is 2. The molecule has 0 spiro atoms. The largest absolute Gasteiger partial charge is 0.508 e. The second-order valence-electron chi connectivity index (χ2n) is 9.09. The third-order valence-corrected chi connectivity index (χ3v) is 7.04. The van der Waals surface area contributed by atoms with Crippen LogP contribution in [-0.2, 0) is 18.3 Å². The molecule has 1 aliphatic carbocycles. The van der Waals surface area contributed by atoms with Crippen LogP contribution in [0.5, 0.6) is 11.5 Å². The summed E-state index contributed by atoms with van der Waals surface area (Å²) < 4.78 is 5.99. The van der Waals surface area contributed by atoms with Gasteiger partial charge in [0.1, 0.15) is 18.1 Å². The van der Waals surface area contributed by atoms with Crippen LogP contribution in [0.3, 0.4) is 0 Å². The van der Waals surface area contributed by atoms with Crippen molar-refractivity contribution in [1.29, 1.82) is 0 Å². The predicted molar refractivity (Wildman–Crippen MR) is 149 cm³/mol. The first-order chi connectivity index (χ1) is 17.6. The van der Waals surface area contributed by atoms with Crippen molar-refractivity contribution in [3.63, 3.8) is 0 Å². The summed E-state index contributed by atoms with van der Waals surface area (Å²) >= 11 is 0. The molecule has 0 aromatic heterocycles. The number of phenolic OH excluding ortho intramolecular Hbond substituents is 1. The van der Waals surface area contributed by atoms with Crippen LogP contribution < -0.4 is 4.74 Å². The van der Waals surface area contributed by atoms with Crippen LogP contribution in [-0.4, -0.2) is 11.7 Å². The number of rotatable bonds is 9. The standard InChI is InChI=1S/C34H30O2/c1-4-11-24-22-26(17-19-32(24)35)34(27-18-20-33(36-21-6-3)25(23-27)12-5-2)30-15-9-7-13-28(30)29-14-8-10-16-31(29)34/h4-10,13-20,22-23,35H,1-3,11-12,21H2. The van der Waals surface area contributed by atoms with Crippen molar-refractivity contribution in [2.75, 3.05) is 6.61 Å². The minimum atomic E-state index is -0.552. The molecular weight excluding hydrogens is 440 g/mol. The van der Waals surface area contributed by atoms with Gasteiger partial charge in [-0.25, -0.2) is 0 Å². The number of ether oxygens (including phenoxy) is 1. The Morgan fingerprint density at radius 3 is 1.83 bits per heavy atom. The van der Waals surface area contributed by atoms with E-state index in [-0.39, 0.29) is 5.75 Å². The van der Waals surface area contributed by atoms with Crippen molar-refractivity contribution in [2.24, 2.45) is 0 Å². The van der Waals surface area contributed by atoms with Gasteiger partial charge < -0.3 is 9.84 Å². The smallest absolute Gasteiger partial charge is 0.123 e. The number of phenols is 1. The lowest BCUT2D eigenvalue weighted by Crippen LogP contribution is -2.29. The van der Waals surface area contributed by atoms with Gasteiger partial charge in [0.25, 0.3) is 0 Å². The summed E-state index contributed by atoms with van der Waals surface area (Å²) in [6.07, 6.45) is 6.78. The highest BCUT2D eigenvalue weighted by Gasteiger charge is 2.46. The number of benzene rings is 4. The molecule has 36 heavy (non-hydrogen) atoms. The third-order valence-electron chi connectivity index (χ3n) is 7.04. The Morgan fingerprint density at radius 1 is 0.667 bits per heavy atom. The average molecular weight is 471 g/mol. The summed E-state index contributed by atoms with van der Waals surface area (Å²) in [5, 5.41) is 10.6. The number of fused-ring (bicyclic) bond motifs is 3. The van der Waals surface area contributed by atoms with Gasteiger partial charge in [-0.2, -0.15) is 0 Å².